The highest BCUT2D eigenvalue weighted by Crippen LogP contribution is 2.33. The molecule has 2 aromatic rings. The van der Waals surface area contributed by atoms with Crippen LogP contribution in [-0.2, 0) is 22.4 Å². The quantitative estimate of drug-likeness (QED) is 0.635. The Balaban J connectivity index is 1.63. The van der Waals surface area contributed by atoms with Crippen molar-refractivity contribution in [3.8, 4) is 5.75 Å². The molecular formula is C25H31N3O5. The smallest absolute Gasteiger partial charge is 0.414 e. The topological polar surface area (TPSA) is 109 Å². The van der Waals surface area contributed by atoms with Gasteiger partial charge in [-0.3, -0.25) is 9.78 Å². The number of pyridine rings is 1. The van der Waals surface area contributed by atoms with E-state index in [2.05, 4.69) is 10.3 Å². The molecule has 1 aliphatic carbocycles. The van der Waals surface area contributed by atoms with E-state index in [0.717, 1.165) is 43.2 Å². The molecule has 0 aliphatic heterocycles. The lowest BCUT2D eigenvalue weighted by molar-refractivity contribution is -0.143. The number of carbonyl (C=O) groups is 3. The Hall–Kier alpha value is -3.42. The number of aliphatic carboxylic acids is 1. The average Bonchev–Trinajstić information content (AvgIpc) is 2.80. The fraction of sp³-hybridized carbons (Fsp3) is 0.440. The molecule has 1 heterocycles. The molecule has 1 aromatic carbocycles. The number of carbonyl (C=O) groups excluding carboxylic acids is 2. The third kappa shape index (κ3) is 7.03. The first-order chi connectivity index (χ1) is 15.8. The molecule has 0 unspecified atom stereocenters. The second-order valence-electron chi connectivity index (χ2n) is 8.73. The average molecular weight is 454 g/mol. The van der Waals surface area contributed by atoms with E-state index in [1.165, 1.54) is 4.90 Å². The lowest BCUT2D eigenvalue weighted by Gasteiger charge is -2.31. The van der Waals surface area contributed by atoms with E-state index in [9.17, 15) is 19.5 Å². The van der Waals surface area contributed by atoms with Crippen LogP contribution in [0, 0.1) is 11.8 Å². The van der Waals surface area contributed by atoms with E-state index in [4.69, 9.17) is 4.74 Å². The molecule has 33 heavy (non-hydrogen) atoms. The molecule has 1 fully saturated rings. The Kier molecular flexibility index (Phi) is 8.40. The molecule has 176 valence electrons. The summed E-state index contributed by atoms with van der Waals surface area (Å²) in [5, 5.41) is 12.5. The van der Waals surface area contributed by atoms with Gasteiger partial charge in [0.2, 0.25) is 5.91 Å². The molecule has 0 bridgehead atoms. The minimum Gasteiger partial charge on any atom is -0.480 e. The van der Waals surface area contributed by atoms with Gasteiger partial charge < -0.3 is 20.1 Å². The normalized spacial score (nSPS) is 18.7. The highest BCUT2D eigenvalue weighted by Gasteiger charge is 2.33. The Morgan fingerprint density at radius 1 is 1.12 bits per heavy atom. The molecule has 3 atom stereocenters. The predicted octanol–water partition coefficient (Wildman–Crippen LogP) is 3.30. The van der Waals surface area contributed by atoms with Crippen LogP contribution in [0.4, 0.5) is 4.79 Å². The summed E-state index contributed by atoms with van der Waals surface area (Å²) >= 11 is 0. The van der Waals surface area contributed by atoms with Crippen LogP contribution >= 0.6 is 0 Å². The van der Waals surface area contributed by atoms with E-state index in [0.29, 0.717) is 5.75 Å². The lowest BCUT2D eigenvalue weighted by atomic mass is 9.75. The molecule has 8 nitrogen and oxygen atoms in total. The van der Waals surface area contributed by atoms with Gasteiger partial charge in [-0.25, -0.2) is 9.59 Å². The summed E-state index contributed by atoms with van der Waals surface area (Å²) in [6.45, 7) is 0. The number of ether oxygens (including phenoxy) is 1. The molecule has 1 aromatic heterocycles. The maximum atomic E-state index is 13.1. The first-order valence-corrected chi connectivity index (χ1v) is 11.2. The molecule has 2 amide bonds. The minimum atomic E-state index is -1.08. The van der Waals surface area contributed by atoms with Crippen molar-refractivity contribution in [3.05, 3.63) is 59.9 Å². The molecule has 3 rings (SSSR count). The van der Waals surface area contributed by atoms with Gasteiger partial charge in [0, 0.05) is 38.8 Å². The molecule has 1 saturated carbocycles. The molecule has 8 heteroatoms. The number of amides is 2. The Bertz CT molecular complexity index is 946. The number of nitrogens with zero attached hydrogens (tertiary/aromatic N) is 2. The van der Waals surface area contributed by atoms with Gasteiger partial charge in [0.05, 0.1) is 0 Å². The van der Waals surface area contributed by atoms with Crippen LogP contribution in [0.3, 0.4) is 0 Å². The molecule has 1 aliphatic rings. The van der Waals surface area contributed by atoms with Crippen LogP contribution in [0.5, 0.6) is 5.75 Å². The highest BCUT2D eigenvalue weighted by molar-refractivity contribution is 5.85. The zero-order chi connectivity index (χ0) is 23.8. The maximum Gasteiger partial charge on any atom is 0.414 e. The van der Waals surface area contributed by atoms with Crippen molar-refractivity contribution in [2.45, 2.75) is 44.6 Å². The fourth-order valence-electron chi connectivity index (χ4n) is 4.22. The minimum absolute atomic E-state index is 0.142. The highest BCUT2D eigenvalue weighted by atomic mass is 16.6. The van der Waals surface area contributed by atoms with Crippen molar-refractivity contribution in [1.29, 1.82) is 0 Å². The zero-order valence-corrected chi connectivity index (χ0v) is 19.1. The van der Waals surface area contributed by atoms with E-state index in [-0.39, 0.29) is 24.2 Å². The van der Waals surface area contributed by atoms with Crippen molar-refractivity contribution >= 4 is 18.0 Å². The Morgan fingerprint density at radius 2 is 1.85 bits per heavy atom. The van der Waals surface area contributed by atoms with Crippen LogP contribution in [0.1, 0.15) is 36.8 Å². The van der Waals surface area contributed by atoms with Gasteiger partial charge in [0.15, 0.2) is 0 Å². The Morgan fingerprint density at radius 3 is 2.48 bits per heavy atom. The van der Waals surface area contributed by atoms with Crippen LogP contribution < -0.4 is 10.1 Å². The second-order valence-corrected chi connectivity index (χ2v) is 8.73. The van der Waals surface area contributed by atoms with Crippen molar-refractivity contribution in [2.75, 3.05) is 14.1 Å². The van der Waals surface area contributed by atoms with Crippen molar-refractivity contribution in [3.63, 3.8) is 0 Å². The largest absolute Gasteiger partial charge is 0.480 e. The number of benzene rings is 1. The van der Waals surface area contributed by atoms with Gasteiger partial charge in [-0.15, -0.1) is 0 Å². The van der Waals surface area contributed by atoms with Crippen molar-refractivity contribution in [1.82, 2.24) is 15.2 Å². The van der Waals surface area contributed by atoms with Crippen LogP contribution in [0.25, 0.3) is 0 Å². The summed E-state index contributed by atoms with van der Waals surface area (Å²) in [4.78, 5) is 42.1. The van der Waals surface area contributed by atoms with E-state index >= 15 is 0 Å². The maximum absolute atomic E-state index is 13.1. The monoisotopic (exact) mass is 453 g/mol. The Labute approximate surface area is 194 Å². The second kappa shape index (κ2) is 11.4. The summed E-state index contributed by atoms with van der Waals surface area (Å²) in [7, 11) is 3.18. The molecular weight excluding hydrogens is 422 g/mol. The fourth-order valence-corrected chi connectivity index (χ4v) is 4.22. The van der Waals surface area contributed by atoms with Gasteiger partial charge >= 0.3 is 12.1 Å². The number of hydrogen-bond donors (Lipinski definition) is 2. The third-order valence-corrected chi connectivity index (χ3v) is 6.01. The zero-order valence-electron chi connectivity index (χ0n) is 19.1. The van der Waals surface area contributed by atoms with Gasteiger partial charge in [-0.2, -0.15) is 0 Å². The summed E-state index contributed by atoms with van der Waals surface area (Å²) in [5.41, 5.74) is 1.81. The van der Waals surface area contributed by atoms with Crippen molar-refractivity contribution < 1.29 is 24.2 Å². The number of rotatable bonds is 8. The molecule has 0 radical (unpaired) electrons. The first-order valence-electron chi connectivity index (χ1n) is 11.2. The van der Waals surface area contributed by atoms with E-state index in [1.807, 2.05) is 18.3 Å². The predicted molar refractivity (Wildman–Crippen MR) is 123 cm³/mol. The molecule has 0 saturated heterocycles. The van der Waals surface area contributed by atoms with Gasteiger partial charge in [-0.1, -0.05) is 31.0 Å². The van der Waals surface area contributed by atoms with Gasteiger partial charge in [0.1, 0.15) is 11.8 Å². The van der Waals surface area contributed by atoms with Gasteiger partial charge in [0.25, 0.3) is 0 Å². The van der Waals surface area contributed by atoms with E-state index in [1.54, 1.807) is 44.6 Å². The van der Waals surface area contributed by atoms with E-state index < -0.39 is 18.1 Å². The summed E-state index contributed by atoms with van der Waals surface area (Å²) < 4.78 is 5.18. The summed E-state index contributed by atoms with van der Waals surface area (Å²) in [6.07, 6.45) is 7.70. The van der Waals surface area contributed by atoms with Crippen molar-refractivity contribution in [2.24, 2.45) is 11.8 Å². The standard InChI is InChI=1S/C25H31N3O5/c1-28(2)25(32)33-20-11-9-17(10-12-20)15-22(24(30)31)27-23(29)21-8-4-3-7-19(21)14-18-6-5-13-26-16-18/h5-6,9-13,16,19,21-22H,3-4,7-8,14-15H2,1-2H3,(H,27,29)(H,30,31)/t19-,21+,22+/m1/s1. The SMILES string of the molecule is CN(C)C(=O)Oc1ccc(C[C@H](NC(=O)[C@H]2CCCC[C@@H]2Cc2cccnc2)C(=O)O)cc1. The van der Waals surface area contributed by atoms with Gasteiger partial charge in [-0.05, 0) is 54.5 Å². The first kappa shape index (κ1) is 24.2. The number of hydrogen-bond acceptors (Lipinski definition) is 5. The number of aromatic nitrogens is 1. The number of nitrogens with one attached hydrogen (secondary N) is 1. The number of carboxylic acids is 1. The van der Waals surface area contributed by atoms with Crippen LogP contribution in [-0.4, -0.2) is 53.1 Å². The summed E-state index contributed by atoms with van der Waals surface area (Å²) in [6, 6.07) is 9.49. The molecule has 2 N–H and O–H groups in total. The molecule has 0 spiro atoms. The lowest BCUT2D eigenvalue weighted by Crippen LogP contribution is -2.47. The van der Waals surface area contributed by atoms with Crippen LogP contribution in [0.15, 0.2) is 48.8 Å². The van der Waals surface area contributed by atoms with Crippen LogP contribution in [0.2, 0.25) is 0 Å². The third-order valence-electron chi connectivity index (χ3n) is 6.01. The summed E-state index contributed by atoms with van der Waals surface area (Å²) in [5.74, 6) is -0.955. The number of carboxylic acid groups (broad SMARTS) is 1.